The number of benzene rings is 1. The molecular formula is C16H18FNO3. The molecular weight excluding hydrogens is 273 g/mol. The number of amides is 1. The van der Waals surface area contributed by atoms with Gasteiger partial charge in [-0.25, -0.2) is 4.39 Å². The number of hydrogen-bond donors (Lipinski definition) is 1. The third-order valence-electron chi connectivity index (χ3n) is 4.64. The van der Waals surface area contributed by atoms with E-state index < -0.39 is 5.97 Å². The quantitative estimate of drug-likeness (QED) is 0.908. The fraction of sp³-hybridized carbons (Fsp3) is 0.500. The highest BCUT2D eigenvalue weighted by Crippen LogP contribution is 2.35. The summed E-state index contributed by atoms with van der Waals surface area (Å²) in [5.41, 5.74) is 1.86. The molecule has 0 radical (unpaired) electrons. The fourth-order valence-electron chi connectivity index (χ4n) is 3.41. The van der Waals surface area contributed by atoms with Crippen molar-refractivity contribution in [3.63, 3.8) is 0 Å². The molecule has 112 valence electrons. The van der Waals surface area contributed by atoms with E-state index in [1.807, 2.05) is 0 Å². The smallest absolute Gasteiger partial charge is 0.306 e. The van der Waals surface area contributed by atoms with Gasteiger partial charge in [0.2, 0.25) is 5.91 Å². The number of fused-ring (bicyclic) bond motifs is 1. The summed E-state index contributed by atoms with van der Waals surface area (Å²) in [4.78, 5) is 25.3. The Labute approximate surface area is 122 Å². The minimum Gasteiger partial charge on any atom is -0.481 e. The van der Waals surface area contributed by atoms with Gasteiger partial charge >= 0.3 is 5.97 Å². The lowest BCUT2D eigenvalue weighted by Gasteiger charge is -2.32. The van der Waals surface area contributed by atoms with E-state index in [1.54, 1.807) is 11.0 Å². The van der Waals surface area contributed by atoms with Gasteiger partial charge in [-0.1, -0.05) is 6.07 Å². The number of hydrogen-bond acceptors (Lipinski definition) is 2. The first-order chi connectivity index (χ1) is 10.1. The van der Waals surface area contributed by atoms with Crippen molar-refractivity contribution in [2.45, 2.75) is 31.6 Å². The highest BCUT2D eigenvalue weighted by atomic mass is 19.1. The third-order valence-corrected chi connectivity index (χ3v) is 4.64. The Hall–Kier alpha value is -1.91. The van der Waals surface area contributed by atoms with Gasteiger partial charge in [0.1, 0.15) is 5.82 Å². The number of halogens is 1. The first kappa shape index (κ1) is 14.0. The van der Waals surface area contributed by atoms with E-state index in [9.17, 15) is 14.0 Å². The molecule has 1 saturated heterocycles. The zero-order valence-electron chi connectivity index (χ0n) is 11.7. The molecule has 0 spiro atoms. The summed E-state index contributed by atoms with van der Waals surface area (Å²) in [5, 5.41) is 8.99. The van der Waals surface area contributed by atoms with Crippen molar-refractivity contribution >= 4 is 11.9 Å². The van der Waals surface area contributed by atoms with E-state index in [0.717, 1.165) is 24.0 Å². The fourth-order valence-corrected chi connectivity index (χ4v) is 3.41. The van der Waals surface area contributed by atoms with Crippen molar-refractivity contribution in [1.29, 1.82) is 0 Å². The number of carboxylic acid groups (broad SMARTS) is 1. The second-order valence-electron chi connectivity index (χ2n) is 5.87. The van der Waals surface area contributed by atoms with Gasteiger partial charge in [-0.05, 0) is 48.9 Å². The van der Waals surface area contributed by atoms with Crippen LogP contribution in [0.2, 0.25) is 0 Å². The Morgan fingerprint density at radius 2 is 1.90 bits per heavy atom. The van der Waals surface area contributed by atoms with Crippen molar-refractivity contribution < 1.29 is 19.1 Å². The van der Waals surface area contributed by atoms with Crippen LogP contribution in [0.4, 0.5) is 4.39 Å². The van der Waals surface area contributed by atoms with Gasteiger partial charge < -0.3 is 10.0 Å². The van der Waals surface area contributed by atoms with Crippen molar-refractivity contribution in [1.82, 2.24) is 4.90 Å². The van der Waals surface area contributed by atoms with Gasteiger partial charge in [0.25, 0.3) is 0 Å². The second kappa shape index (κ2) is 5.47. The molecule has 0 saturated carbocycles. The third kappa shape index (κ3) is 2.64. The molecule has 4 nitrogen and oxygen atoms in total. The van der Waals surface area contributed by atoms with Crippen LogP contribution in [0.5, 0.6) is 0 Å². The second-order valence-corrected chi connectivity index (χ2v) is 5.87. The van der Waals surface area contributed by atoms with Gasteiger partial charge in [-0.15, -0.1) is 0 Å². The lowest BCUT2D eigenvalue weighted by Crippen LogP contribution is -2.42. The maximum Gasteiger partial charge on any atom is 0.306 e. The topological polar surface area (TPSA) is 57.6 Å². The van der Waals surface area contributed by atoms with Crippen molar-refractivity contribution in [3.05, 3.63) is 35.1 Å². The SMILES string of the molecule is O=C(O)C1CCN(C(=O)C2CCc3cc(F)ccc32)CC1. The Morgan fingerprint density at radius 3 is 2.57 bits per heavy atom. The number of carbonyl (C=O) groups excluding carboxylic acids is 1. The molecule has 5 heteroatoms. The zero-order chi connectivity index (χ0) is 15.0. The first-order valence-corrected chi connectivity index (χ1v) is 7.36. The molecule has 1 aromatic carbocycles. The molecule has 1 aliphatic heterocycles. The number of rotatable bonds is 2. The van der Waals surface area contributed by atoms with Gasteiger partial charge in [0.15, 0.2) is 0 Å². The average Bonchev–Trinajstić information content (AvgIpc) is 2.89. The van der Waals surface area contributed by atoms with E-state index >= 15 is 0 Å². The number of carboxylic acids is 1. The summed E-state index contributed by atoms with van der Waals surface area (Å²) in [6.07, 6.45) is 2.49. The van der Waals surface area contributed by atoms with Gasteiger partial charge in [0.05, 0.1) is 11.8 Å². The van der Waals surface area contributed by atoms with Crippen molar-refractivity contribution in [2.75, 3.05) is 13.1 Å². The van der Waals surface area contributed by atoms with E-state index in [4.69, 9.17) is 5.11 Å². The lowest BCUT2D eigenvalue weighted by molar-refractivity contribution is -0.146. The van der Waals surface area contributed by atoms with Crippen LogP contribution in [-0.2, 0) is 16.0 Å². The molecule has 1 aliphatic carbocycles. The highest BCUT2D eigenvalue weighted by molar-refractivity contribution is 5.85. The summed E-state index contributed by atoms with van der Waals surface area (Å²) in [5.74, 6) is -1.50. The molecule has 21 heavy (non-hydrogen) atoms. The number of carbonyl (C=O) groups is 2. The Balaban J connectivity index is 1.70. The first-order valence-electron chi connectivity index (χ1n) is 7.36. The number of aliphatic carboxylic acids is 1. The summed E-state index contributed by atoms with van der Waals surface area (Å²) in [7, 11) is 0. The molecule has 2 aliphatic rings. The van der Waals surface area contributed by atoms with Gasteiger partial charge in [-0.2, -0.15) is 0 Å². The maximum atomic E-state index is 13.2. The summed E-state index contributed by atoms with van der Waals surface area (Å²) in [6.45, 7) is 1.01. The average molecular weight is 291 g/mol. The van der Waals surface area contributed by atoms with Crippen molar-refractivity contribution in [3.8, 4) is 0 Å². The van der Waals surface area contributed by atoms with Crippen molar-refractivity contribution in [2.24, 2.45) is 5.92 Å². The Bertz CT molecular complexity index is 579. The molecule has 1 unspecified atom stereocenters. The van der Waals surface area contributed by atoms with Crippen LogP contribution in [0.25, 0.3) is 0 Å². The molecule has 1 atom stereocenters. The van der Waals surface area contributed by atoms with E-state index in [-0.39, 0.29) is 23.6 Å². The van der Waals surface area contributed by atoms with Crippen LogP contribution in [0.1, 0.15) is 36.3 Å². The van der Waals surface area contributed by atoms with Crippen LogP contribution >= 0.6 is 0 Å². The van der Waals surface area contributed by atoms with Crippen LogP contribution in [0, 0.1) is 11.7 Å². The van der Waals surface area contributed by atoms with Gasteiger partial charge in [-0.3, -0.25) is 9.59 Å². The van der Waals surface area contributed by atoms with Crippen LogP contribution in [0.3, 0.4) is 0 Å². The molecule has 3 rings (SSSR count). The van der Waals surface area contributed by atoms with E-state index in [0.29, 0.717) is 25.9 Å². The number of likely N-dealkylation sites (tertiary alicyclic amines) is 1. The molecule has 0 aromatic heterocycles. The predicted molar refractivity (Wildman–Crippen MR) is 74.4 cm³/mol. The number of aryl methyl sites for hydroxylation is 1. The monoisotopic (exact) mass is 291 g/mol. The Kier molecular flexibility index (Phi) is 3.66. The minimum atomic E-state index is -0.774. The van der Waals surface area contributed by atoms with E-state index in [1.165, 1.54) is 12.1 Å². The predicted octanol–water partition coefficient (Wildman–Crippen LogP) is 2.18. The minimum absolute atomic E-state index is 0.0594. The lowest BCUT2D eigenvalue weighted by atomic mass is 9.94. The van der Waals surface area contributed by atoms with Crippen LogP contribution < -0.4 is 0 Å². The zero-order valence-corrected chi connectivity index (χ0v) is 11.7. The largest absolute Gasteiger partial charge is 0.481 e. The molecule has 1 aromatic rings. The Morgan fingerprint density at radius 1 is 1.19 bits per heavy atom. The van der Waals surface area contributed by atoms with Crippen LogP contribution in [0.15, 0.2) is 18.2 Å². The number of piperidine rings is 1. The van der Waals surface area contributed by atoms with E-state index in [2.05, 4.69) is 0 Å². The molecule has 1 fully saturated rings. The van der Waals surface area contributed by atoms with Gasteiger partial charge in [0, 0.05) is 13.1 Å². The highest BCUT2D eigenvalue weighted by Gasteiger charge is 2.34. The maximum absolute atomic E-state index is 13.2. The molecule has 0 bridgehead atoms. The summed E-state index contributed by atoms with van der Waals surface area (Å²) < 4.78 is 13.2. The number of nitrogens with zero attached hydrogens (tertiary/aromatic N) is 1. The molecule has 1 amide bonds. The normalized spacial score (nSPS) is 22.1. The standard InChI is InChI=1S/C16H18FNO3/c17-12-2-4-13-11(9-12)1-3-14(13)15(19)18-7-5-10(6-8-18)16(20)21/h2,4,9-10,14H,1,3,5-8H2,(H,20,21). The summed E-state index contributed by atoms with van der Waals surface area (Å²) >= 11 is 0. The van der Waals surface area contributed by atoms with Crippen LogP contribution in [-0.4, -0.2) is 35.0 Å². The molecule has 1 heterocycles. The summed E-state index contributed by atoms with van der Waals surface area (Å²) in [6, 6.07) is 4.63. The molecule has 1 N–H and O–H groups in total.